The highest BCUT2D eigenvalue weighted by atomic mass is 32.2. The van der Waals surface area contributed by atoms with Crippen molar-refractivity contribution in [3.8, 4) is 11.1 Å². The Labute approximate surface area is 204 Å². The summed E-state index contributed by atoms with van der Waals surface area (Å²) in [5, 5.41) is 13.3. The van der Waals surface area contributed by atoms with Crippen molar-refractivity contribution in [2.24, 2.45) is 0 Å². The lowest BCUT2D eigenvalue weighted by Crippen LogP contribution is -2.52. The third kappa shape index (κ3) is 6.91. The number of halogens is 3. The van der Waals surface area contributed by atoms with E-state index >= 15 is 0 Å². The topological polar surface area (TPSA) is 105 Å². The molecule has 2 aromatic carbocycles. The van der Waals surface area contributed by atoms with Crippen LogP contribution in [0, 0.1) is 0 Å². The molecule has 0 aromatic heterocycles. The van der Waals surface area contributed by atoms with E-state index in [0.29, 0.717) is 5.75 Å². The van der Waals surface area contributed by atoms with Crippen molar-refractivity contribution in [3.05, 3.63) is 59.7 Å². The second-order valence-electron chi connectivity index (χ2n) is 8.02. The molecule has 0 saturated carbocycles. The lowest BCUT2D eigenvalue weighted by Gasteiger charge is -2.22. The number of fused-ring (bicyclic) bond motifs is 3. The molecular formula is C24H25F3N2O5S. The number of alkyl carbamates (subject to hydrolysis) is 1. The zero-order valence-corrected chi connectivity index (χ0v) is 19.6. The highest BCUT2D eigenvalue weighted by molar-refractivity contribution is 7.98. The molecule has 3 N–H and O–H groups in total. The van der Waals surface area contributed by atoms with Crippen molar-refractivity contribution in [2.75, 3.05) is 18.6 Å². The third-order valence-electron chi connectivity index (χ3n) is 5.61. The van der Waals surface area contributed by atoms with Crippen LogP contribution in [0.1, 0.15) is 29.9 Å². The molecule has 2 atom stereocenters. The molecule has 0 bridgehead atoms. The number of carbonyl (C=O) groups is 3. The number of hydrogen-bond donors (Lipinski definition) is 3. The van der Waals surface area contributed by atoms with Crippen LogP contribution < -0.4 is 10.6 Å². The van der Waals surface area contributed by atoms with E-state index in [1.165, 1.54) is 11.8 Å². The van der Waals surface area contributed by atoms with Crippen molar-refractivity contribution in [1.29, 1.82) is 0 Å². The van der Waals surface area contributed by atoms with Gasteiger partial charge in [0.25, 0.3) is 0 Å². The first-order valence-electron chi connectivity index (χ1n) is 10.8. The molecule has 0 spiro atoms. The second kappa shape index (κ2) is 11.5. The molecule has 188 valence electrons. The molecule has 7 nitrogen and oxygen atoms in total. The largest absolute Gasteiger partial charge is 0.480 e. The van der Waals surface area contributed by atoms with Crippen LogP contribution >= 0.6 is 11.8 Å². The van der Waals surface area contributed by atoms with Crippen LogP contribution in [0.3, 0.4) is 0 Å². The zero-order valence-electron chi connectivity index (χ0n) is 18.8. The maximum atomic E-state index is 12.7. The van der Waals surface area contributed by atoms with Crippen molar-refractivity contribution in [1.82, 2.24) is 10.6 Å². The molecule has 35 heavy (non-hydrogen) atoms. The fourth-order valence-electron chi connectivity index (χ4n) is 3.99. The standard InChI is InChI=1S/C24H25F3N2O5S/c1-35-11-10-19(21(30)28-20(22(31)32)12-24(25,26)27)29-23(33)34-13-18-16-8-4-2-6-14(16)15-7-3-5-9-17(15)18/h2-9,18-20H,10-13H2,1H3,(H,28,30)(H,29,33)(H,31,32)/t19-,20?/m0/s1. The Hall–Kier alpha value is -3.21. The first-order chi connectivity index (χ1) is 16.6. The molecule has 1 unspecified atom stereocenters. The Morgan fingerprint density at radius 1 is 1.00 bits per heavy atom. The number of nitrogens with one attached hydrogen (secondary N) is 2. The van der Waals surface area contributed by atoms with Gasteiger partial charge in [0.05, 0.1) is 6.42 Å². The fourth-order valence-corrected chi connectivity index (χ4v) is 4.46. The van der Waals surface area contributed by atoms with Crippen LogP contribution in [0.2, 0.25) is 0 Å². The number of rotatable bonds is 10. The van der Waals surface area contributed by atoms with Gasteiger partial charge in [0.15, 0.2) is 0 Å². The second-order valence-corrected chi connectivity index (χ2v) is 9.01. The molecule has 2 amide bonds. The summed E-state index contributed by atoms with van der Waals surface area (Å²) in [6.45, 7) is -0.0114. The number of thioether (sulfide) groups is 1. The lowest BCUT2D eigenvalue weighted by molar-refractivity contribution is -0.160. The number of alkyl halides is 3. The number of carboxylic acids is 1. The summed E-state index contributed by atoms with van der Waals surface area (Å²) in [6, 6.07) is 12.1. The molecule has 0 fully saturated rings. The number of aliphatic carboxylic acids is 1. The van der Waals surface area contributed by atoms with Crippen LogP contribution in [0.4, 0.5) is 18.0 Å². The minimum atomic E-state index is -4.79. The van der Waals surface area contributed by atoms with E-state index < -0.39 is 42.7 Å². The number of carboxylic acid groups (broad SMARTS) is 1. The predicted molar refractivity (Wildman–Crippen MR) is 125 cm³/mol. The SMILES string of the molecule is CSCC[C@H](NC(=O)OCC1c2ccccc2-c2ccccc21)C(=O)NC(CC(F)(F)F)C(=O)O. The van der Waals surface area contributed by atoms with Gasteiger partial charge in [0, 0.05) is 5.92 Å². The van der Waals surface area contributed by atoms with Crippen LogP contribution in [0.25, 0.3) is 11.1 Å². The van der Waals surface area contributed by atoms with Gasteiger partial charge in [-0.05, 0) is 40.7 Å². The number of hydrogen-bond acceptors (Lipinski definition) is 5. The maximum absolute atomic E-state index is 12.7. The van der Waals surface area contributed by atoms with Gasteiger partial charge in [-0.2, -0.15) is 24.9 Å². The first kappa shape index (κ1) is 26.4. The fraction of sp³-hybridized carbons (Fsp3) is 0.375. The molecule has 0 aliphatic heterocycles. The van der Waals surface area contributed by atoms with Gasteiger partial charge in [-0.3, -0.25) is 4.79 Å². The summed E-state index contributed by atoms with van der Waals surface area (Å²) in [6.07, 6.45) is -5.60. The Morgan fingerprint density at radius 2 is 1.57 bits per heavy atom. The summed E-state index contributed by atoms with van der Waals surface area (Å²) in [4.78, 5) is 36.3. The molecular weight excluding hydrogens is 485 g/mol. The van der Waals surface area contributed by atoms with Crippen LogP contribution in [-0.4, -0.2) is 60.0 Å². The summed E-state index contributed by atoms with van der Waals surface area (Å²) in [7, 11) is 0. The smallest absolute Gasteiger partial charge is 0.407 e. The van der Waals surface area contributed by atoms with Gasteiger partial charge >= 0.3 is 18.2 Å². The highest BCUT2D eigenvalue weighted by Gasteiger charge is 2.37. The Bertz CT molecular complexity index is 1030. The molecule has 0 radical (unpaired) electrons. The van der Waals surface area contributed by atoms with Crippen molar-refractivity contribution < 1.29 is 37.4 Å². The van der Waals surface area contributed by atoms with E-state index in [0.717, 1.165) is 22.3 Å². The molecule has 0 saturated heterocycles. The van der Waals surface area contributed by atoms with Gasteiger partial charge < -0.3 is 20.5 Å². The minimum Gasteiger partial charge on any atom is -0.480 e. The molecule has 1 aliphatic rings. The summed E-state index contributed by atoms with van der Waals surface area (Å²) in [5.74, 6) is -2.65. The van der Waals surface area contributed by atoms with Crippen LogP contribution in [0.5, 0.6) is 0 Å². The molecule has 1 aliphatic carbocycles. The average Bonchev–Trinajstić information content (AvgIpc) is 3.12. The van der Waals surface area contributed by atoms with Gasteiger partial charge in [-0.1, -0.05) is 48.5 Å². The summed E-state index contributed by atoms with van der Waals surface area (Å²) < 4.78 is 43.4. The molecule has 11 heteroatoms. The van der Waals surface area contributed by atoms with E-state index in [2.05, 4.69) is 5.32 Å². The lowest BCUT2D eigenvalue weighted by atomic mass is 9.98. The monoisotopic (exact) mass is 510 g/mol. The van der Waals surface area contributed by atoms with Crippen LogP contribution in [0.15, 0.2) is 48.5 Å². The molecule has 3 rings (SSSR count). The van der Waals surface area contributed by atoms with Gasteiger partial charge in [0.2, 0.25) is 5.91 Å². The van der Waals surface area contributed by atoms with Crippen molar-refractivity contribution >= 4 is 29.7 Å². The highest BCUT2D eigenvalue weighted by Crippen LogP contribution is 2.44. The Balaban J connectivity index is 1.66. The van der Waals surface area contributed by atoms with E-state index in [1.54, 1.807) is 6.26 Å². The Morgan fingerprint density at radius 3 is 2.09 bits per heavy atom. The maximum Gasteiger partial charge on any atom is 0.407 e. The number of carbonyl (C=O) groups excluding carboxylic acids is 2. The molecule has 2 aromatic rings. The quantitative estimate of drug-likeness (QED) is 0.443. The number of benzene rings is 2. The summed E-state index contributed by atoms with van der Waals surface area (Å²) in [5.41, 5.74) is 4.07. The van der Waals surface area contributed by atoms with Gasteiger partial charge in [0.1, 0.15) is 18.7 Å². The summed E-state index contributed by atoms with van der Waals surface area (Å²) >= 11 is 1.36. The minimum absolute atomic E-state index is 0.0114. The number of ether oxygens (including phenoxy) is 1. The van der Waals surface area contributed by atoms with Crippen molar-refractivity contribution in [3.63, 3.8) is 0 Å². The van der Waals surface area contributed by atoms with Crippen molar-refractivity contribution in [2.45, 2.75) is 37.0 Å². The molecule has 0 heterocycles. The van der Waals surface area contributed by atoms with E-state index in [4.69, 9.17) is 9.84 Å². The normalized spacial score (nSPS) is 14.4. The van der Waals surface area contributed by atoms with Crippen LogP contribution in [-0.2, 0) is 14.3 Å². The third-order valence-corrected chi connectivity index (χ3v) is 6.26. The first-order valence-corrected chi connectivity index (χ1v) is 12.2. The zero-order chi connectivity index (χ0) is 25.6. The van der Waals surface area contributed by atoms with E-state index in [9.17, 15) is 27.6 Å². The number of amides is 2. The average molecular weight is 511 g/mol. The van der Waals surface area contributed by atoms with Gasteiger partial charge in [-0.25, -0.2) is 9.59 Å². The van der Waals surface area contributed by atoms with Gasteiger partial charge in [-0.15, -0.1) is 0 Å². The van der Waals surface area contributed by atoms with E-state index in [1.807, 2.05) is 53.8 Å². The Kier molecular flexibility index (Phi) is 8.66. The van der Waals surface area contributed by atoms with E-state index in [-0.39, 0.29) is 18.9 Å². The predicted octanol–water partition coefficient (Wildman–Crippen LogP) is 4.17.